The molecule has 0 spiro atoms. The first-order chi connectivity index (χ1) is 13.5. The van der Waals surface area contributed by atoms with Crippen molar-refractivity contribution in [1.82, 2.24) is 4.98 Å². The smallest absolute Gasteiger partial charge is 0.307 e. The van der Waals surface area contributed by atoms with Crippen LogP contribution < -0.4 is 4.74 Å². The normalized spacial score (nSPS) is 15.1. The van der Waals surface area contributed by atoms with Gasteiger partial charge in [0.2, 0.25) is 0 Å². The Morgan fingerprint density at radius 1 is 1.11 bits per heavy atom. The number of carbonyl (C=O) groups is 1. The number of ether oxygens (including phenoxy) is 1. The number of nitrogens with one attached hydrogen (secondary N) is 1. The van der Waals surface area contributed by atoms with Gasteiger partial charge in [0.25, 0.3) is 0 Å². The fourth-order valence-electron chi connectivity index (χ4n) is 4.04. The maximum Gasteiger partial charge on any atom is 0.307 e. The fourth-order valence-corrected chi connectivity index (χ4v) is 5.48. The van der Waals surface area contributed by atoms with Crippen molar-refractivity contribution in [2.45, 2.75) is 44.4 Å². The van der Waals surface area contributed by atoms with Crippen LogP contribution in [0, 0.1) is 0 Å². The summed E-state index contributed by atoms with van der Waals surface area (Å²) < 4.78 is 7.61. The summed E-state index contributed by atoms with van der Waals surface area (Å²) >= 11 is 7.02. The predicted molar refractivity (Wildman–Crippen MR) is 117 cm³/mol. The van der Waals surface area contributed by atoms with Crippen molar-refractivity contribution in [3.8, 4) is 11.5 Å². The van der Waals surface area contributed by atoms with Gasteiger partial charge >= 0.3 is 5.97 Å². The summed E-state index contributed by atoms with van der Waals surface area (Å²) in [6.45, 7) is 0. The second kappa shape index (κ2) is 8.29. The van der Waals surface area contributed by atoms with Crippen LogP contribution in [0.1, 0.15) is 49.1 Å². The van der Waals surface area contributed by atoms with Crippen LogP contribution in [-0.2, 0) is 11.2 Å². The molecule has 2 N–H and O–H groups in total. The Morgan fingerprint density at radius 2 is 1.82 bits per heavy atom. The molecule has 0 unspecified atom stereocenters. The average Bonchev–Trinajstić information content (AvgIpc) is 3.08. The number of aliphatic carboxylic acids is 1. The number of carboxylic acid groups (broad SMARTS) is 1. The lowest BCUT2D eigenvalue weighted by atomic mass is 9.84. The van der Waals surface area contributed by atoms with Gasteiger partial charge in [0.15, 0.2) is 5.75 Å². The molecule has 0 amide bonds. The minimum Gasteiger partial charge on any atom is -0.481 e. The number of aromatic nitrogens is 1. The summed E-state index contributed by atoms with van der Waals surface area (Å²) in [7, 11) is 0. The van der Waals surface area contributed by atoms with Crippen molar-refractivity contribution in [2.75, 3.05) is 0 Å². The first kappa shape index (κ1) is 19.5. The molecule has 0 atom stereocenters. The maximum absolute atomic E-state index is 11.0. The number of carboxylic acids is 1. The molecule has 0 aliphatic heterocycles. The number of halogens is 2. The number of hydrogen-bond donors (Lipinski definition) is 2. The van der Waals surface area contributed by atoms with Crippen LogP contribution in [0.15, 0.2) is 45.5 Å². The van der Waals surface area contributed by atoms with Crippen LogP contribution in [0.25, 0.3) is 10.9 Å². The molecule has 146 valence electrons. The highest BCUT2D eigenvalue weighted by Crippen LogP contribution is 2.41. The second-order valence-electron chi connectivity index (χ2n) is 7.35. The molecule has 1 aromatic heterocycles. The Labute approximate surface area is 180 Å². The molecular weight excluding hydrogens is 486 g/mol. The zero-order chi connectivity index (χ0) is 19.7. The minimum absolute atomic E-state index is 0.0302. The largest absolute Gasteiger partial charge is 0.481 e. The lowest BCUT2D eigenvalue weighted by molar-refractivity contribution is -0.136. The Kier molecular flexibility index (Phi) is 5.78. The molecule has 2 aromatic carbocycles. The minimum atomic E-state index is -0.861. The van der Waals surface area contributed by atoms with Crippen molar-refractivity contribution in [3.05, 3.63) is 56.6 Å². The molecule has 1 aliphatic rings. The molecule has 3 aromatic rings. The summed E-state index contributed by atoms with van der Waals surface area (Å²) in [5.41, 5.74) is 3.22. The third-order valence-electron chi connectivity index (χ3n) is 5.36. The first-order valence-corrected chi connectivity index (χ1v) is 11.1. The van der Waals surface area contributed by atoms with Crippen molar-refractivity contribution < 1.29 is 14.6 Å². The van der Waals surface area contributed by atoms with Gasteiger partial charge in [-0.25, -0.2) is 0 Å². The molecule has 4 nitrogen and oxygen atoms in total. The van der Waals surface area contributed by atoms with E-state index in [2.05, 4.69) is 55.2 Å². The molecule has 1 saturated carbocycles. The number of hydrogen-bond acceptors (Lipinski definition) is 2. The van der Waals surface area contributed by atoms with E-state index in [-0.39, 0.29) is 6.42 Å². The van der Waals surface area contributed by atoms with Gasteiger partial charge < -0.3 is 14.8 Å². The van der Waals surface area contributed by atoms with Crippen molar-refractivity contribution in [2.24, 2.45) is 0 Å². The Bertz CT molecular complexity index is 999. The van der Waals surface area contributed by atoms with Gasteiger partial charge in [-0.1, -0.05) is 19.3 Å². The highest BCUT2D eigenvalue weighted by molar-refractivity contribution is 9.11. The number of benzene rings is 2. The van der Waals surface area contributed by atoms with E-state index in [1.165, 1.54) is 43.1 Å². The summed E-state index contributed by atoms with van der Waals surface area (Å²) in [5.74, 6) is 1.16. The van der Waals surface area contributed by atoms with E-state index in [1.807, 2.05) is 6.07 Å². The number of aromatic amines is 1. The lowest BCUT2D eigenvalue weighted by Crippen LogP contribution is -2.03. The van der Waals surface area contributed by atoms with E-state index in [1.54, 1.807) is 12.1 Å². The lowest BCUT2D eigenvalue weighted by Gasteiger charge is -2.21. The number of H-pyrrole nitrogens is 1. The molecule has 0 bridgehead atoms. The van der Waals surface area contributed by atoms with E-state index >= 15 is 0 Å². The van der Waals surface area contributed by atoms with Crippen molar-refractivity contribution in [1.29, 1.82) is 0 Å². The van der Waals surface area contributed by atoms with E-state index in [0.717, 1.165) is 20.2 Å². The summed E-state index contributed by atoms with van der Waals surface area (Å²) in [6.07, 6.45) is 8.56. The summed E-state index contributed by atoms with van der Waals surface area (Å²) in [6, 6.07) is 9.68. The highest BCUT2D eigenvalue weighted by atomic mass is 79.9. The molecule has 6 heteroatoms. The Hall–Kier alpha value is -1.79. The van der Waals surface area contributed by atoms with Gasteiger partial charge in [0.05, 0.1) is 15.4 Å². The Balaban J connectivity index is 1.64. The van der Waals surface area contributed by atoms with Gasteiger partial charge in [0.1, 0.15) is 5.75 Å². The van der Waals surface area contributed by atoms with Crippen LogP contribution in [-0.4, -0.2) is 16.1 Å². The maximum atomic E-state index is 11.0. The summed E-state index contributed by atoms with van der Waals surface area (Å²) in [5, 5.41) is 10.2. The van der Waals surface area contributed by atoms with Gasteiger partial charge in [-0.3, -0.25) is 4.79 Å². The first-order valence-electron chi connectivity index (χ1n) is 9.50. The van der Waals surface area contributed by atoms with E-state index in [9.17, 15) is 4.79 Å². The molecule has 0 radical (unpaired) electrons. The van der Waals surface area contributed by atoms with Gasteiger partial charge in [-0.05, 0) is 92.1 Å². The second-order valence-corrected chi connectivity index (χ2v) is 9.06. The Morgan fingerprint density at radius 3 is 2.50 bits per heavy atom. The highest BCUT2D eigenvalue weighted by Gasteiger charge is 2.19. The zero-order valence-corrected chi connectivity index (χ0v) is 18.5. The van der Waals surface area contributed by atoms with Crippen LogP contribution in [0.4, 0.5) is 0 Å². The summed E-state index contributed by atoms with van der Waals surface area (Å²) in [4.78, 5) is 14.4. The molecule has 28 heavy (non-hydrogen) atoms. The van der Waals surface area contributed by atoms with E-state index < -0.39 is 5.97 Å². The topological polar surface area (TPSA) is 62.3 Å². The SMILES string of the molecule is O=C(O)Cc1cc(Br)c(Oc2ccc3[nH]cc(C4CCCCC4)c3c2)c(Br)c1. The van der Waals surface area contributed by atoms with Gasteiger partial charge in [-0.15, -0.1) is 0 Å². The third-order valence-corrected chi connectivity index (χ3v) is 6.54. The quantitative estimate of drug-likeness (QED) is 0.385. The van der Waals surface area contributed by atoms with E-state index in [0.29, 0.717) is 17.2 Å². The van der Waals surface area contributed by atoms with Crippen LogP contribution >= 0.6 is 31.9 Å². The van der Waals surface area contributed by atoms with Crippen LogP contribution in [0.5, 0.6) is 11.5 Å². The van der Waals surface area contributed by atoms with E-state index in [4.69, 9.17) is 9.84 Å². The monoisotopic (exact) mass is 505 g/mol. The van der Waals surface area contributed by atoms with Crippen LogP contribution in [0.3, 0.4) is 0 Å². The zero-order valence-electron chi connectivity index (χ0n) is 15.3. The average molecular weight is 507 g/mol. The van der Waals surface area contributed by atoms with Crippen molar-refractivity contribution >= 4 is 48.7 Å². The molecule has 1 fully saturated rings. The van der Waals surface area contributed by atoms with Crippen LogP contribution in [0.2, 0.25) is 0 Å². The standard InChI is InChI=1S/C22H21Br2NO3/c23-18-8-13(10-21(26)27)9-19(24)22(18)28-15-6-7-20-16(11-15)17(12-25-20)14-4-2-1-3-5-14/h6-9,11-12,14,25H,1-5,10H2,(H,26,27). The van der Waals surface area contributed by atoms with Gasteiger partial charge in [-0.2, -0.15) is 0 Å². The van der Waals surface area contributed by atoms with Crippen molar-refractivity contribution in [3.63, 3.8) is 0 Å². The molecule has 4 rings (SSSR count). The number of fused-ring (bicyclic) bond motifs is 1. The predicted octanol–water partition coefficient (Wildman–Crippen LogP) is 7.16. The molecule has 1 heterocycles. The fraction of sp³-hybridized carbons (Fsp3) is 0.318. The molecule has 1 aliphatic carbocycles. The molecule has 0 saturated heterocycles. The molecular formula is C22H21Br2NO3. The third kappa shape index (κ3) is 4.13. The van der Waals surface area contributed by atoms with Gasteiger partial charge in [0, 0.05) is 17.1 Å². The number of rotatable bonds is 5.